The highest BCUT2D eigenvalue weighted by molar-refractivity contribution is 7.13. The van der Waals surface area contributed by atoms with E-state index in [1.54, 1.807) is 6.07 Å². The molecule has 0 radical (unpaired) electrons. The lowest BCUT2D eigenvalue weighted by atomic mass is 10.1. The lowest BCUT2D eigenvalue weighted by molar-refractivity contribution is -0.384. The molecule has 4 aromatic rings. The number of hydrogen-bond donors (Lipinski definition) is 2. The van der Waals surface area contributed by atoms with Gasteiger partial charge in [-0.2, -0.15) is 10.5 Å². The largest absolute Gasteiger partial charge is 0.360 e. The fourth-order valence-electron chi connectivity index (χ4n) is 2.66. The van der Waals surface area contributed by atoms with Crippen molar-refractivity contribution in [2.75, 3.05) is 5.32 Å². The van der Waals surface area contributed by atoms with Crippen LogP contribution in [0.25, 0.3) is 27.4 Å². The number of tetrazole rings is 1. The van der Waals surface area contributed by atoms with Crippen molar-refractivity contribution < 1.29 is 4.92 Å². The molecule has 30 heavy (non-hydrogen) atoms. The Bertz CT molecular complexity index is 1260. The van der Waals surface area contributed by atoms with Crippen LogP contribution in [0, 0.1) is 21.4 Å². The normalized spacial score (nSPS) is 11.1. The number of nitro benzene ring substituents is 1. The Kier molecular flexibility index (Phi) is 5.23. The van der Waals surface area contributed by atoms with Gasteiger partial charge in [-0.05, 0) is 11.3 Å². The second-order valence-electron chi connectivity index (χ2n) is 5.94. The lowest BCUT2D eigenvalue weighted by Crippen LogP contribution is -1.97. The summed E-state index contributed by atoms with van der Waals surface area (Å²) in [6.45, 7) is 0. The summed E-state index contributed by atoms with van der Waals surface area (Å²) in [7, 11) is 0. The summed E-state index contributed by atoms with van der Waals surface area (Å²) in [4.78, 5) is 15.5. The maximum Gasteiger partial charge on any atom is 0.270 e. The smallest absolute Gasteiger partial charge is 0.270 e. The zero-order valence-corrected chi connectivity index (χ0v) is 16.0. The number of aromatic amines is 1. The van der Waals surface area contributed by atoms with Crippen LogP contribution in [0.4, 0.5) is 11.4 Å². The topological polar surface area (TPSA) is 146 Å². The number of anilines is 1. The Balaban J connectivity index is 1.73. The number of allylic oxidation sites excluding steroid dienone is 1. The van der Waals surface area contributed by atoms with E-state index in [0.717, 1.165) is 11.3 Å². The highest BCUT2D eigenvalue weighted by Crippen LogP contribution is 2.36. The zero-order chi connectivity index (χ0) is 20.9. The third-order valence-electron chi connectivity index (χ3n) is 4.10. The minimum Gasteiger partial charge on any atom is -0.360 e. The van der Waals surface area contributed by atoms with Gasteiger partial charge in [-0.25, -0.2) is 4.98 Å². The molecular formula is C19H12N8O2S. The van der Waals surface area contributed by atoms with E-state index in [1.165, 1.54) is 29.7 Å². The van der Waals surface area contributed by atoms with Crippen LogP contribution in [-0.4, -0.2) is 30.5 Å². The molecule has 0 fully saturated rings. The molecule has 0 bridgehead atoms. The van der Waals surface area contributed by atoms with Gasteiger partial charge in [-0.3, -0.25) is 10.1 Å². The molecule has 0 saturated carbocycles. The van der Waals surface area contributed by atoms with Crippen LogP contribution in [0.2, 0.25) is 0 Å². The Hall–Kier alpha value is -4.43. The van der Waals surface area contributed by atoms with Crippen molar-refractivity contribution in [1.29, 1.82) is 5.26 Å². The van der Waals surface area contributed by atoms with Crippen molar-refractivity contribution in [1.82, 2.24) is 25.6 Å². The molecule has 0 aliphatic rings. The first-order valence-electron chi connectivity index (χ1n) is 8.56. The number of nitriles is 1. The number of rotatable bonds is 6. The second-order valence-corrected chi connectivity index (χ2v) is 6.80. The van der Waals surface area contributed by atoms with Gasteiger partial charge in [0.25, 0.3) is 5.69 Å². The van der Waals surface area contributed by atoms with Crippen LogP contribution in [0.3, 0.4) is 0 Å². The fourth-order valence-corrected chi connectivity index (χ4v) is 3.52. The van der Waals surface area contributed by atoms with Crippen LogP contribution in [0.1, 0.15) is 5.82 Å². The summed E-state index contributed by atoms with van der Waals surface area (Å²) >= 11 is 1.37. The predicted molar refractivity (Wildman–Crippen MR) is 111 cm³/mol. The minimum absolute atomic E-state index is 0.0605. The van der Waals surface area contributed by atoms with Crippen molar-refractivity contribution in [2.24, 2.45) is 0 Å². The minimum atomic E-state index is -0.463. The number of nitrogens with one attached hydrogen (secondary N) is 2. The molecular weight excluding hydrogens is 404 g/mol. The molecule has 0 atom stereocenters. The van der Waals surface area contributed by atoms with Gasteiger partial charge in [0.05, 0.1) is 10.6 Å². The summed E-state index contributed by atoms with van der Waals surface area (Å²) in [5.41, 5.74) is 2.90. The molecule has 0 saturated heterocycles. The van der Waals surface area contributed by atoms with Crippen molar-refractivity contribution in [2.45, 2.75) is 0 Å². The van der Waals surface area contributed by atoms with E-state index in [1.807, 2.05) is 41.8 Å². The molecule has 2 N–H and O–H groups in total. The molecule has 2 aromatic carbocycles. The SMILES string of the molecule is N#CC(=CNc1ccc([N+](=O)[O-])cc1-c1nc(-c2ccccc2)cs1)c1nn[nH]n1. The molecule has 4 rings (SSSR count). The Morgan fingerprint density at radius 1 is 1.27 bits per heavy atom. The average Bonchev–Trinajstić information content (AvgIpc) is 3.47. The van der Waals surface area contributed by atoms with Crippen LogP contribution in [-0.2, 0) is 0 Å². The number of thiazole rings is 1. The number of H-pyrrole nitrogens is 1. The number of nitrogens with zero attached hydrogens (tertiary/aromatic N) is 6. The first kappa shape index (κ1) is 18.9. The second kappa shape index (κ2) is 8.29. The van der Waals surface area contributed by atoms with Crippen LogP contribution < -0.4 is 5.32 Å². The Morgan fingerprint density at radius 2 is 2.10 bits per heavy atom. The number of non-ortho nitro benzene ring substituents is 1. The zero-order valence-electron chi connectivity index (χ0n) is 15.2. The van der Waals surface area contributed by atoms with Crippen molar-refractivity contribution in [3.05, 3.63) is 76.0 Å². The Labute approximate surface area is 173 Å². The first-order valence-corrected chi connectivity index (χ1v) is 9.44. The number of nitro groups is 1. The first-order chi connectivity index (χ1) is 14.7. The molecule has 0 aliphatic heterocycles. The maximum absolute atomic E-state index is 11.3. The molecule has 0 aliphatic carbocycles. The van der Waals surface area contributed by atoms with Gasteiger partial charge in [-0.1, -0.05) is 30.3 Å². The molecule has 0 amide bonds. The quantitative estimate of drug-likeness (QED) is 0.273. The van der Waals surface area contributed by atoms with Gasteiger partial charge < -0.3 is 5.32 Å². The van der Waals surface area contributed by atoms with Gasteiger partial charge in [0.15, 0.2) is 0 Å². The molecule has 10 nitrogen and oxygen atoms in total. The fraction of sp³-hybridized carbons (Fsp3) is 0. The van der Waals surface area contributed by atoms with E-state index in [4.69, 9.17) is 0 Å². The highest BCUT2D eigenvalue weighted by atomic mass is 32.1. The summed E-state index contributed by atoms with van der Waals surface area (Å²) in [6, 6.07) is 16.0. The van der Waals surface area contributed by atoms with E-state index in [0.29, 0.717) is 16.3 Å². The van der Waals surface area contributed by atoms with E-state index in [2.05, 4.69) is 30.9 Å². The van der Waals surface area contributed by atoms with Gasteiger partial charge >= 0.3 is 0 Å². The van der Waals surface area contributed by atoms with Crippen LogP contribution in [0.5, 0.6) is 0 Å². The lowest BCUT2D eigenvalue weighted by Gasteiger charge is -2.07. The van der Waals surface area contributed by atoms with Crippen molar-refractivity contribution in [3.63, 3.8) is 0 Å². The molecule has 2 aromatic heterocycles. The van der Waals surface area contributed by atoms with Crippen molar-refractivity contribution in [3.8, 4) is 27.9 Å². The van der Waals surface area contributed by atoms with Gasteiger partial charge in [0.1, 0.15) is 16.6 Å². The number of aromatic nitrogens is 5. The summed E-state index contributed by atoms with van der Waals surface area (Å²) < 4.78 is 0. The molecule has 11 heteroatoms. The third kappa shape index (κ3) is 3.89. The average molecular weight is 416 g/mol. The summed E-state index contributed by atoms with van der Waals surface area (Å²) in [6.07, 6.45) is 1.42. The molecule has 146 valence electrons. The number of hydrogen-bond acceptors (Lipinski definition) is 9. The monoisotopic (exact) mass is 416 g/mol. The van der Waals surface area contributed by atoms with E-state index in [-0.39, 0.29) is 17.1 Å². The summed E-state index contributed by atoms with van der Waals surface area (Å²) in [5, 5.41) is 39.4. The van der Waals surface area contributed by atoms with E-state index < -0.39 is 4.92 Å². The van der Waals surface area contributed by atoms with Gasteiger partial charge in [-0.15, -0.1) is 21.5 Å². The van der Waals surface area contributed by atoms with Gasteiger partial charge in [0.2, 0.25) is 5.82 Å². The molecule has 0 spiro atoms. The molecule has 2 heterocycles. The van der Waals surface area contributed by atoms with E-state index >= 15 is 0 Å². The Morgan fingerprint density at radius 3 is 2.80 bits per heavy atom. The highest BCUT2D eigenvalue weighted by Gasteiger charge is 2.16. The van der Waals surface area contributed by atoms with Crippen molar-refractivity contribution >= 4 is 28.3 Å². The third-order valence-corrected chi connectivity index (χ3v) is 4.97. The molecule has 0 unspecified atom stereocenters. The maximum atomic E-state index is 11.3. The number of benzene rings is 2. The summed E-state index contributed by atoms with van der Waals surface area (Å²) in [5.74, 6) is 0.133. The predicted octanol–water partition coefficient (Wildman–Crippen LogP) is 3.87. The van der Waals surface area contributed by atoms with E-state index in [9.17, 15) is 15.4 Å². The van der Waals surface area contributed by atoms with Crippen LogP contribution >= 0.6 is 11.3 Å². The standard InChI is InChI=1S/C19H12N8O2S/c20-9-13(18-23-25-26-24-18)10-21-16-7-6-14(27(28)29)8-15(16)19-22-17(11-30-19)12-4-2-1-3-5-12/h1-8,10-11,21H,(H,23,24,25,26). The van der Waals surface area contributed by atoms with Crippen LogP contribution in [0.15, 0.2) is 60.1 Å². The van der Waals surface area contributed by atoms with Gasteiger partial charge in [0, 0.05) is 40.5 Å².